The van der Waals surface area contributed by atoms with Crippen LogP contribution in [-0.4, -0.2) is 43.3 Å². The molecule has 3 N–H and O–H groups in total. The monoisotopic (exact) mass is 454 g/mol. The van der Waals surface area contributed by atoms with E-state index in [1.165, 1.54) is 6.07 Å². The molecule has 1 saturated heterocycles. The number of pyridine rings is 1. The predicted molar refractivity (Wildman–Crippen MR) is 111 cm³/mol. The lowest BCUT2D eigenvalue weighted by atomic mass is 9.71. The summed E-state index contributed by atoms with van der Waals surface area (Å²) in [7, 11) is -4.00. The minimum atomic E-state index is -4.00. The number of aromatic nitrogens is 1. The first kappa shape index (κ1) is 23.0. The van der Waals surface area contributed by atoms with Crippen LogP contribution in [0.3, 0.4) is 0 Å². The SMILES string of the molecule is Cc1ccc(NC(=O)C2(c3ccccc3C(C)C)CN(S(N)(=O)=O)C2)c(OC(F)F)n1. The van der Waals surface area contributed by atoms with Crippen molar-refractivity contribution in [1.29, 1.82) is 0 Å². The predicted octanol–water partition coefficient (Wildman–Crippen LogP) is 2.51. The summed E-state index contributed by atoms with van der Waals surface area (Å²) in [6.07, 6.45) is 0. The van der Waals surface area contributed by atoms with Gasteiger partial charge in [0.05, 0.1) is 0 Å². The molecule has 168 valence electrons. The fourth-order valence-corrected chi connectivity index (χ4v) is 4.45. The molecule has 8 nitrogen and oxygen atoms in total. The van der Waals surface area contributed by atoms with Gasteiger partial charge in [0.2, 0.25) is 11.8 Å². The van der Waals surface area contributed by atoms with Crippen molar-refractivity contribution < 1.29 is 26.7 Å². The second kappa shape index (κ2) is 8.48. The van der Waals surface area contributed by atoms with Crippen molar-refractivity contribution in [2.75, 3.05) is 18.4 Å². The number of halogens is 2. The van der Waals surface area contributed by atoms with Gasteiger partial charge in [-0.1, -0.05) is 38.1 Å². The average molecular weight is 454 g/mol. The fraction of sp³-hybridized carbons (Fsp3) is 0.400. The van der Waals surface area contributed by atoms with Crippen LogP contribution < -0.4 is 15.2 Å². The standard InChI is InChI=1S/C20H24F2N4O4S/c1-12(2)14-6-4-5-7-15(14)20(10-26(11-20)31(23,28)29)18(27)25-16-9-8-13(3)24-17(16)30-19(21)22/h4-9,12,19H,10-11H2,1-3H3,(H,25,27)(H2,23,28,29). The van der Waals surface area contributed by atoms with Crippen LogP contribution in [0.1, 0.15) is 36.6 Å². The maximum atomic E-state index is 13.4. The smallest absolute Gasteiger partial charge is 0.388 e. The van der Waals surface area contributed by atoms with Gasteiger partial charge in [-0.15, -0.1) is 0 Å². The van der Waals surface area contributed by atoms with Crippen molar-refractivity contribution in [3.63, 3.8) is 0 Å². The topological polar surface area (TPSA) is 115 Å². The van der Waals surface area contributed by atoms with Crippen LogP contribution in [0.15, 0.2) is 36.4 Å². The molecule has 0 spiro atoms. The zero-order chi connectivity index (χ0) is 23.0. The van der Waals surface area contributed by atoms with Gasteiger partial charge in [0, 0.05) is 18.8 Å². The molecule has 0 radical (unpaired) electrons. The highest BCUT2D eigenvalue weighted by Crippen LogP contribution is 2.41. The van der Waals surface area contributed by atoms with Crippen LogP contribution in [0.5, 0.6) is 5.88 Å². The highest BCUT2D eigenvalue weighted by atomic mass is 32.2. The first-order chi connectivity index (χ1) is 14.4. The van der Waals surface area contributed by atoms with Gasteiger partial charge in [-0.25, -0.2) is 10.1 Å². The van der Waals surface area contributed by atoms with E-state index in [1.54, 1.807) is 25.1 Å². The van der Waals surface area contributed by atoms with Crippen LogP contribution in [0.4, 0.5) is 14.5 Å². The number of ether oxygens (including phenoxy) is 1. The van der Waals surface area contributed by atoms with Crippen LogP contribution in [0, 0.1) is 6.92 Å². The van der Waals surface area contributed by atoms with E-state index in [2.05, 4.69) is 15.0 Å². The van der Waals surface area contributed by atoms with Gasteiger partial charge in [0.1, 0.15) is 11.1 Å². The molecule has 2 heterocycles. The molecule has 0 saturated carbocycles. The third kappa shape index (κ3) is 4.68. The normalized spacial score (nSPS) is 16.3. The van der Waals surface area contributed by atoms with Crippen LogP contribution in [-0.2, 0) is 20.4 Å². The van der Waals surface area contributed by atoms with E-state index in [-0.39, 0.29) is 24.7 Å². The Kier molecular flexibility index (Phi) is 6.30. The lowest BCUT2D eigenvalue weighted by Crippen LogP contribution is -2.67. The van der Waals surface area contributed by atoms with Gasteiger partial charge in [-0.2, -0.15) is 21.5 Å². The Morgan fingerprint density at radius 2 is 1.87 bits per heavy atom. The molecule has 2 aromatic rings. The van der Waals surface area contributed by atoms with E-state index in [9.17, 15) is 22.0 Å². The van der Waals surface area contributed by atoms with E-state index in [0.29, 0.717) is 11.3 Å². The number of benzene rings is 1. The number of carbonyl (C=O) groups is 1. The maximum Gasteiger partial charge on any atom is 0.388 e. The zero-order valence-corrected chi connectivity index (χ0v) is 18.1. The molecule has 1 amide bonds. The van der Waals surface area contributed by atoms with Crippen molar-refractivity contribution in [2.45, 2.75) is 38.7 Å². The number of nitrogens with two attached hydrogens (primary N) is 1. The van der Waals surface area contributed by atoms with Gasteiger partial charge in [0.15, 0.2) is 0 Å². The first-order valence-corrected chi connectivity index (χ1v) is 11.1. The van der Waals surface area contributed by atoms with E-state index in [0.717, 1.165) is 9.87 Å². The molecule has 0 bridgehead atoms. The number of hydrogen-bond donors (Lipinski definition) is 2. The van der Waals surface area contributed by atoms with Crippen molar-refractivity contribution >= 4 is 21.8 Å². The quantitative estimate of drug-likeness (QED) is 0.667. The van der Waals surface area contributed by atoms with Crippen molar-refractivity contribution in [3.8, 4) is 5.88 Å². The summed E-state index contributed by atoms with van der Waals surface area (Å²) in [6.45, 7) is 2.04. The van der Waals surface area contributed by atoms with Gasteiger partial charge < -0.3 is 10.1 Å². The summed E-state index contributed by atoms with van der Waals surface area (Å²) in [5.41, 5.74) is 0.667. The third-order valence-corrected chi connectivity index (χ3v) is 6.21. The molecule has 31 heavy (non-hydrogen) atoms. The van der Waals surface area contributed by atoms with Crippen LogP contribution in [0.2, 0.25) is 0 Å². The number of nitrogens with zero attached hydrogens (tertiary/aromatic N) is 2. The number of hydrogen-bond acceptors (Lipinski definition) is 5. The second-order valence-corrected chi connectivity index (χ2v) is 9.32. The molecule has 3 rings (SSSR count). The van der Waals surface area contributed by atoms with Gasteiger partial charge in [-0.05, 0) is 36.1 Å². The Hall–Kier alpha value is -2.63. The second-order valence-electron chi connectivity index (χ2n) is 7.78. The Morgan fingerprint density at radius 3 is 2.45 bits per heavy atom. The molecule has 1 aliphatic heterocycles. The summed E-state index contributed by atoms with van der Waals surface area (Å²) < 4.78 is 54.7. The Morgan fingerprint density at radius 1 is 1.23 bits per heavy atom. The fourth-order valence-electron chi connectivity index (χ4n) is 3.65. The largest absolute Gasteiger partial charge is 0.415 e. The molecular weight excluding hydrogens is 430 g/mol. The molecule has 11 heteroatoms. The van der Waals surface area contributed by atoms with Crippen molar-refractivity contribution in [2.24, 2.45) is 5.14 Å². The van der Waals surface area contributed by atoms with Gasteiger partial charge in [-0.3, -0.25) is 4.79 Å². The van der Waals surface area contributed by atoms with Crippen molar-refractivity contribution in [3.05, 3.63) is 53.2 Å². The summed E-state index contributed by atoms with van der Waals surface area (Å²) >= 11 is 0. The third-order valence-electron chi connectivity index (χ3n) is 5.23. The number of anilines is 1. The Balaban J connectivity index is 2.02. The summed E-state index contributed by atoms with van der Waals surface area (Å²) in [5, 5.41) is 7.84. The highest BCUT2D eigenvalue weighted by molar-refractivity contribution is 7.86. The van der Waals surface area contributed by atoms with E-state index >= 15 is 0 Å². The maximum absolute atomic E-state index is 13.4. The van der Waals surface area contributed by atoms with Crippen LogP contribution >= 0.6 is 0 Å². The molecule has 1 aromatic heterocycles. The van der Waals surface area contributed by atoms with Gasteiger partial charge in [0.25, 0.3) is 10.2 Å². The van der Waals surface area contributed by atoms with Crippen molar-refractivity contribution in [1.82, 2.24) is 9.29 Å². The number of carbonyl (C=O) groups excluding carboxylic acids is 1. The minimum Gasteiger partial charge on any atom is -0.415 e. The first-order valence-electron chi connectivity index (χ1n) is 9.55. The molecular formula is C20H24F2N4O4S. The number of aryl methyl sites for hydroxylation is 1. The number of nitrogens with one attached hydrogen (secondary N) is 1. The lowest BCUT2D eigenvalue weighted by Gasteiger charge is -2.48. The molecule has 0 atom stereocenters. The molecule has 1 fully saturated rings. The summed E-state index contributed by atoms with van der Waals surface area (Å²) in [5.74, 6) is -0.924. The Labute approximate surface area is 179 Å². The highest BCUT2D eigenvalue weighted by Gasteiger charge is 2.55. The number of rotatable bonds is 7. The van der Waals surface area contributed by atoms with E-state index < -0.39 is 34.0 Å². The molecule has 1 aromatic carbocycles. The Bertz CT molecular complexity index is 1090. The lowest BCUT2D eigenvalue weighted by molar-refractivity contribution is -0.125. The minimum absolute atomic E-state index is 0.0358. The molecule has 1 aliphatic rings. The number of amides is 1. The number of alkyl halides is 2. The van der Waals surface area contributed by atoms with E-state index in [4.69, 9.17) is 5.14 Å². The van der Waals surface area contributed by atoms with Gasteiger partial charge >= 0.3 is 6.61 Å². The molecule has 0 aliphatic carbocycles. The summed E-state index contributed by atoms with van der Waals surface area (Å²) in [6, 6.07) is 10.2. The summed E-state index contributed by atoms with van der Waals surface area (Å²) in [4.78, 5) is 17.4. The average Bonchev–Trinajstić information content (AvgIpc) is 2.62. The molecule has 0 unspecified atom stereocenters. The zero-order valence-electron chi connectivity index (χ0n) is 17.3. The van der Waals surface area contributed by atoms with Crippen LogP contribution in [0.25, 0.3) is 0 Å². The van der Waals surface area contributed by atoms with E-state index in [1.807, 2.05) is 26.0 Å².